The highest BCUT2D eigenvalue weighted by atomic mass is 19.4. The van der Waals surface area contributed by atoms with Gasteiger partial charge < -0.3 is 5.32 Å². The minimum absolute atomic E-state index is 0.0945. The van der Waals surface area contributed by atoms with E-state index < -0.39 is 18.1 Å². The van der Waals surface area contributed by atoms with Crippen LogP contribution in [0, 0.1) is 0 Å². The molecule has 1 rings (SSSR count). The molecule has 1 aromatic heterocycles. The average Bonchev–Trinajstić information content (AvgIpc) is 2.28. The first-order valence-electron chi connectivity index (χ1n) is 5.72. The Morgan fingerprint density at radius 3 is 2.53 bits per heavy atom. The van der Waals surface area contributed by atoms with Gasteiger partial charge in [-0.2, -0.15) is 13.2 Å². The number of carbonyl (C=O) groups is 1. The Hall–Kier alpha value is -1.63. The topological polar surface area (TPSA) is 45.2 Å². The molecule has 1 atom stereocenters. The molecule has 106 valence electrons. The number of aromatic nitrogens is 1. The van der Waals surface area contributed by atoms with Gasteiger partial charge in [0.1, 0.15) is 6.04 Å². The maximum atomic E-state index is 12.3. The van der Waals surface area contributed by atoms with Crippen molar-refractivity contribution >= 4 is 5.91 Å². The van der Waals surface area contributed by atoms with Crippen LogP contribution in [-0.2, 0) is 11.3 Å². The van der Waals surface area contributed by atoms with Crippen molar-refractivity contribution in [2.45, 2.75) is 25.7 Å². The van der Waals surface area contributed by atoms with E-state index in [-0.39, 0.29) is 6.54 Å². The molecule has 1 unspecified atom stereocenters. The zero-order chi connectivity index (χ0) is 14.5. The van der Waals surface area contributed by atoms with Gasteiger partial charge in [0.25, 0.3) is 0 Å². The SMILES string of the molecule is CC(NC(=O)CN(C)Cc1ccncc1)C(F)(F)F. The molecule has 0 saturated heterocycles. The van der Waals surface area contributed by atoms with Crippen LogP contribution in [0.2, 0.25) is 0 Å². The highest BCUT2D eigenvalue weighted by molar-refractivity contribution is 5.78. The van der Waals surface area contributed by atoms with Crippen molar-refractivity contribution in [3.8, 4) is 0 Å². The van der Waals surface area contributed by atoms with E-state index in [1.165, 1.54) is 0 Å². The number of carbonyl (C=O) groups excluding carboxylic acids is 1. The fourth-order valence-electron chi connectivity index (χ4n) is 1.47. The second-order valence-corrected chi connectivity index (χ2v) is 4.36. The van der Waals surface area contributed by atoms with Crippen LogP contribution < -0.4 is 5.32 Å². The molecule has 0 aliphatic carbocycles. The largest absolute Gasteiger partial charge is 0.408 e. The van der Waals surface area contributed by atoms with Gasteiger partial charge in [-0.15, -0.1) is 0 Å². The fourth-order valence-corrected chi connectivity index (χ4v) is 1.47. The van der Waals surface area contributed by atoms with Crippen molar-refractivity contribution in [2.75, 3.05) is 13.6 Å². The summed E-state index contributed by atoms with van der Waals surface area (Å²) in [5.74, 6) is -0.651. The minimum Gasteiger partial charge on any atom is -0.344 e. The molecule has 0 spiro atoms. The summed E-state index contributed by atoms with van der Waals surface area (Å²) >= 11 is 0. The van der Waals surface area contributed by atoms with Gasteiger partial charge in [0.05, 0.1) is 6.54 Å². The molecule has 0 aliphatic rings. The third-order valence-corrected chi connectivity index (χ3v) is 2.48. The van der Waals surface area contributed by atoms with Crippen LogP contribution in [0.3, 0.4) is 0 Å². The van der Waals surface area contributed by atoms with E-state index in [0.717, 1.165) is 12.5 Å². The lowest BCUT2D eigenvalue weighted by molar-refractivity contribution is -0.158. The first kappa shape index (κ1) is 15.4. The van der Waals surface area contributed by atoms with Crippen molar-refractivity contribution in [1.29, 1.82) is 0 Å². The van der Waals surface area contributed by atoms with Crippen LogP contribution in [0.5, 0.6) is 0 Å². The van der Waals surface area contributed by atoms with Crippen molar-refractivity contribution in [3.63, 3.8) is 0 Å². The van der Waals surface area contributed by atoms with E-state index in [9.17, 15) is 18.0 Å². The zero-order valence-electron chi connectivity index (χ0n) is 10.7. The number of alkyl halides is 3. The molecule has 0 saturated carbocycles. The van der Waals surface area contributed by atoms with Crippen molar-refractivity contribution in [3.05, 3.63) is 30.1 Å². The second-order valence-electron chi connectivity index (χ2n) is 4.36. The molecule has 1 N–H and O–H groups in total. The van der Waals surface area contributed by atoms with Crippen molar-refractivity contribution in [1.82, 2.24) is 15.2 Å². The number of halogens is 3. The van der Waals surface area contributed by atoms with Crippen LogP contribution in [0.25, 0.3) is 0 Å². The molecule has 0 radical (unpaired) electrons. The number of hydrogen-bond donors (Lipinski definition) is 1. The number of hydrogen-bond acceptors (Lipinski definition) is 3. The molecule has 7 heteroatoms. The van der Waals surface area contributed by atoms with Gasteiger partial charge in [0.15, 0.2) is 0 Å². The molecular weight excluding hydrogens is 259 g/mol. The van der Waals surface area contributed by atoms with Gasteiger partial charge >= 0.3 is 6.18 Å². The normalized spacial score (nSPS) is 13.4. The van der Waals surface area contributed by atoms with Crippen LogP contribution in [0.4, 0.5) is 13.2 Å². The van der Waals surface area contributed by atoms with E-state index in [1.54, 1.807) is 36.5 Å². The van der Waals surface area contributed by atoms with Gasteiger partial charge in [-0.25, -0.2) is 0 Å². The van der Waals surface area contributed by atoms with Gasteiger partial charge in [-0.3, -0.25) is 14.7 Å². The Morgan fingerprint density at radius 2 is 2.00 bits per heavy atom. The number of amides is 1. The Kier molecular flexibility index (Phi) is 5.29. The lowest BCUT2D eigenvalue weighted by Crippen LogP contribution is -2.46. The van der Waals surface area contributed by atoms with Crippen molar-refractivity contribution in [2.24, 2.45) is 0 Å². The predicted molar refractivity (Wildman–Crippen MR) is 64.2 cm³/mol. The van der Waals surface area contributed by atoms with Crippen molar-refractivity contribution < 1.29 is 18.0 Å². The fraction of sp³-hybridized carbons (Fsp3) is 0.500. The quantitative estimate of drug-likeness (QED) is 0.887. The zero-order valence-corrected chi connectivity index (χ0v) is 10.7. The molecule has 0 fully saturated rings. The number of pyridine rings is 1. The van der Waals surface area contributed by atoms with Gasteiger partial charge in [-0.1, -0.05) is 0 Å². The number of rotatable bonds is 5. The molecular formula is C12H16F3N3O. The van der Waals surface area contributed by atoms with E-state index in [4.69, 9.17) is 0 Å². The van der Waals surface area contributed by atoms with Gasteiger partial charge in [0, 0.05) is 18.9 Å². The third kappa shape index (κ3) is 5.69. The van der Waals surface area contributed by atoms with E-state index in [2.05, 4.69) is 4.98 Å². The summed E-state index contributed by atoms with van der Waals surface area (Å²) in [6.45, 7) is 1.29. The molecule has 1 heterocycles. The highest BCUT2D eigenvalue weighted by Crippen LogP contribution is 2.19. The Balaban J connectivity index is 2.40. The first-order chi connectivity index (χ1) is 8.79. The molecule has 4 nitrogen and oxygen atoms in total. The van der Waals surface area contributed by atoms with Gasteiger partial charge in [-0.05, 0) is 31.7 Å². The second kappa shape index (κ2) is 6.51. The predicted octanol–water partition coefficient (Wildman–Crippen LogP) is 1.58. The average molecular weight is 275 g/mol. The number of nitrogens with one attached hydrogen (secondary N) is 1. The minimum atomic E-state index is -4.42. The van der Waals surface area contributed by atoms with Crippen LogP contribution in [-0.4, -0.2) is 41.6 Å². The van der Waals surface area contributed by atoms with Gasteiger partial charge in [0.2, 0.25) is 5.91 Å². The molecule has 0 aromatic carbocycles. The summed E-state index contributed by atoms with van der Waals surface area (Å²) in [7, 11) is 1.66. The lowest BCUT2D eigenvalue weighted by atomic mass is 10.2. The van der Waals surface area contributed by atoms with E-state index in [0.29, 0.717) is 6.54 Å². The summed E-state index contributed by atoms with van der Waals surface area (Å²) in [5, 5.41) is 1.92. The van der Waals surface area contributed by atoms with Crippen LogP contribution in [0.1, 0.15) is 12.5 Å². The van der Waals surface area contributed by atoms with Crippen LogP contribution in [0.15, 0.2) is 24.5 Å². The maximum absolute atomic E-state index is 12.3. The summed E-state index contributed by atoms with van der Waals surface area (Å²) in [5.41, 5.74) is 0.939. The van der Waals surface area contributed by atoms with Crippen LogP contribution >= 0.6 is 0 Å². The summed E-state index contributed by atoms with van der Waals surface area (Å²) < 4.78 is 36.8. The highest BCUT2D eigenvalue weighted by Gasteiger charge is 2.36. The first-order valence-corrected chi connectivity index (χ1v) is 5.72. The molecule has 1 aromatic rings. The Labute approximate surface area is 109 Å². The maximum Gasteiger partial charge on any atom is 0.408 e. The summed E-state index contributed by atoms with van der Waals surface area (Å²) in [6, 6.07) is 1.73. The number of likely N-dealkylation sites (N-methyl/N-ethyl adjacent to an activating group) is 1. The lowest BCUT2D eigenvalue weighted by Gasteiger charge is -2.20. The standard InChI is InChI=1S/C12H16F3N3O/c1-9(12(13,14)15)17-11(19)8-18(2)7-10-3-5-16-6-4-10/h3-6,9H,7-8H2,1-2H3,(H,17,19). The monoisotopic (exact) mass is 275 g/mol. The molecule has 1 amide bonds. The molecule has 0 aliphatic heterocycles. The summed E-state index contributed by atoms with van der Waals surface area (Å²) in [6.07, 6.45) is -1.18. The molecule has 0 bridgehead atoms. The Bertz CT molecular complexity index is 408. The smallest absolute Gasteiger partial charge is 0.344 e. The van der Waals surface area contributed by atoms with E-state index in [1.807, 2.05) is 5.32 Å². The Morgan fingerprint density at radius 1 is 1.42 bits per heavy atom. The molecule has 19 heavy (non-hydrogen) atoms. The summed E-state index contributed by atoms with van der Waals surface area (Å²) in [4.78, 5) is 16.9. The van der Waals surface area contributed by atoms with E-state index >= 15 is 0 Å². The number of nitrogens with zero attached hydrogens (tertiary/aromatic N) is 2. The third-order valence-electron chi connectivity index (χ3n) is 2.48.